The van der Waals surface area contributed by atoms with Crippen molar-refractivity contribution in [1.29, 1.82) is 0 Å². The minimum Gasteiger partial charge on any atom is -0.379 e. The largest absolute Gasteiger partial charge is 0.379 e. The van der Waals surface area contributed by atoms with Crippen LogP contribution in [0.3, 0.4) is 0 Å². The van der Waals surface area contributed by atoms with E-state index in [-0.39, 0.29) is 5.91 Å². The normalized spacial score (nSPS) is 17.2. The quantitative estimate of drug-likeness (QED) is 0.430. The Morgan fingerprint density at radius 2 is 1.60 bits per heavy atom. The van der Waals surface area contributed by atoms with Gasteiger partial charge in [0.1, 0.15) is 0 Å². The predicted octanol–water partition coefficient (Wildman–Crippen LogP) is 5.72. The molecule has 148 valence electrons. The van der Waals surface area contributed by atoms with Crippen molar-refractivity contribution in [2.75, 3.05) is 13.2 Å². The molecule has 1 saturated carbocycles. The van der Waals surface area contributed by atoms with Crippen LogP contribution >= 0.6 is 0 Å². The highest BCUT2D eigenvalue weighted by molar-refractivity contribution is 5.76. The van der Waals surface area contributed by atoms with E-state index in [0.29, 0.717) is 17.9 Å². The van der Waals surface area contributed by atoms with Crippen molar-refractivity contribution in [3.05, 3.63) is 0 Å². The summed E-state index contributed by atoms with van der Waals surface area (Å²) in [6, 6.07) is 0. The van der Waals surface area contributed by atoms with Crippen LogP contribution < -0.4 is 5.32 Å². The summed E-state index contributed by atoms with van der Waals surface area (Å²) in [6.07, 6.45) is 13.8. The standard InChI is InChI=1S/C22H43NO2/c1-18(2)21(20-13-9-8-10-14-20)17-22(24)23-15-11-6-5-7-12-16-25-19(3)4/h18-21H,5-17H2,1-4H3,(H,23,24). The molecule has 1 unspecified atom stereocenters. The zero-order valence-corrected chi connectivity index (χ0v) is 17.3. The predicted molar refractivity (Wildman–Crippen MR) is 107 cm³/mol. The Morgan fingerprint density at radius 3 is 2.24 bits per heavy atom. The Morgan fingerprint density at radius 1 is 0.960 bits per heavy atom. The molecule has 0 saturated heterocycles. The molecule has 3 nitrogen and oxygen atoms in total. The average molecular weight is 354 g/mol. The van der Waals surface area contributed by atoms with E-state index < -0.39 is 0 Å². The summed E-state index contributed by atoms with van der Waals surface area (Å²) in [6.45, 7) is 10.5. The summed E-state index contributed by atoms with van der Waals surface area (Å²) in [4.78, 5) is 12.3. The van der Waals surface area contributed by atoms with E-state index in [1.165, 1.54) is 51.4 Å². The highest BCUT2D eigenvalue weighted by Crippen LogP contribution is 2.35. The SMILES string of the molecule is CC(C)OCCCCCCCNC(=O)CC(C(C)C)C1CCCCC1. The van der Waals surface area contributed by atoms with Crippen molar-refractivity contribution in [3.8, 4) is 0 Å². The lowest BCUT2D eigenvalue weighted by Gasteiger charge is -2.32. The highest BCUT2D eigenvalue weighted by Gasteiger charge is 2.27. The first-order chi connectivity index (χ1) is 12.0. The van der Waals surface area contributed by atoms with E-state index in [1.807, 2.05) is 0 Å². The fraction of sp³-hybridized carbons (Fsp3) is 0.955. The zero-order chi connectivity index (χ0) is 18.5. The third-order valence-electron chi connectivity index (χ3n) is 5.63. The molecule has 25 heavy (non-hydrogen) atoms. The van der Waals surface area contributed by atoms with Crippen LogP contribution in [0.5, 0.6) is 0 Å². The fourth-order valence-electron chi connectivity index (χ4n) is 4.10. The van der Waals surface area contributed by atoms with Crippen molar-refractivity contribution in [2.45, 2.75) is 104 Å². The third kappa shape index (κ3) is 10.9. The second-order valence-corrected chi connectivity index (χ2v) is 8.55. The van der Waals surface area contributed by atoms with Crippen LogP contribution in [-0.4, -0.2) is 25.2 Å². The first-order valence-corrected chi connectivity index (χ1v) is 10.9. The molecule has 0 radical (unpaired) electrons. The summed E-state index contributed by atoms with van der Waals surface area (Å²) >= 11 is 0. The molecule has 0 heterocycles. The molecule has 1 aliphatic rings. The van der Waals surface area contributed by atoms with E-state index in [2.05, 4.69) is 33.0 Å². The van der Waals surface area contributed by atoms with Gasteiger partial charge in [0, 0.05) is 19.6 Å². The van der Waals surface area contributed by atoms with Gasteiger partial charge < -0.3 is 10.1 Å². The van der Waals surface area contributed by atoms with Crippen molar-refractivity contribution >= 4 is 5.91 Å². The third-order valence-corrected chi connectivity index (χ3v) is 5.63. The molecule has 1 rings (SSSR count). The molecular weight excluding hydrogens is 310 g/mol. The topological polar surface area (TPSA) is 38.3 Å². The molecule has 1 aliphatic carbocycles. The second-order valence-electron chi connectivity index (χ2n) is 8.55. The Labute approximate surface area is 156 Å². The van der Waals surface area contributed by atoms with E-state index in [9.17, 15) is 4.79 Å². The molecule has 0 spiro atoms. The Kier molecular flexibility index (Phi) is 12.2. The minimum atomic E-state index is 0.273. The van der Waals surface area contributed by atoms with Gasteiger partial charge in [0.2, 0.25) is 5.91 Å². The summed E-state index contributed by atoms with van der Waals surface area (Å²) in [5.74, 6) is 2.23. The second kappa shape index (κ2) is 13.6. The van der Waals surface area contributed by atoms with Gasteiger partial charge in [0.05, 0.1) is 6.10 Å². The summed E-state index contributed by atoms with van der Waals surface area (Å²) < 4.78 is 5.55. The summed E-state index contributed by atoms with van der Waals surface area (Å²) in [5.41, 5.74) is 0. The Bertz CT molecular complexity index is 335. The lowest BCUT2D eigenvalue weighted by molar-refractivity contribution is -0.123. The van der Waals surface area contributed by atoms with Crippen LogP contribution in [0.15, 0.2) is 0 Å². The van der Waals surface area contributed by atoms with Gasteiger partial charge in [0.15, 0.2) is 0 Å². The first-order valence-electron chi connectivity index (χ1n) is 10.9. The molecule has 0 aromatic carbocycles. The molecule has 0 aromatic rings. The molecule has 0 bridgehead atoms. The van der Waals surface area contributed by atoms with Gasteiger partial charge >= 0.3 is 0 Å². The number of hydrogen-bond acceptors (Lipinski definition) is 2. The number of ether oxygens (including phenoxy) is 1. The maximum absolute atomic E-state index is 12.3. The fourth-order valence-corrected chi connectivity index (χ4v) is 4.10. The van der Waals surface area contributed by atoms with Crippen molar-refractivity contribution < 1.29 is 9.53 Å². The van der Waals surface area contributed by atoms with Crippen molar-refractivity contribution in [2.24, 2.45) is 17.8 Å². The minimum absolute atomic E-state index is 0.273. The monoisotopic (exact) mass is 353 g/mol. The smallest absolute Gasteiger partial charge is 0.220 e. The lowest BCUT2D eigenvalue weighted by atomic mass is 9.73. The van der Waals surface area contributed by atoms with Crippen molar-refractivity contribution in [3.63, 3.8) is 0 Å². The van der Waals surface area contributed by atoms with E-state index in [4.69, 9.17) is 4.74 Å². The van der Waals surface area contributed by atoms with E-state index >= 15 is 0 Å². The van der Waals surface area contributed by atoms with Crippen LogP contribution in [0.1, 0.15) is 98.3 Å². The first kappa shape index (κ1) is 22.5. The number of rotatable bonds is 13. The number of carbonyl (C=O) groups excluding carboxylic acids is 1. The molecule has 3 heteroatoms. The average Bonchev–Trinajstić information content (AvgIpc) is 2.58. The van der Waals surface area contributed by atoms with Gasteiger partial charge in [-0.15, -0.1) is 0 Å². The maximum atomic E-state index is 12.3. The van der Waals surface area contributed by atoms with Crippen LogP contribution in [0.4, 0.5) is 0 Å². The summed E-state index contributed by atoms with van der Waals surface area (Å²) in [7, 11) is 0. The molecule has 1 amide bonds. The Hall–Kier alpha value is -0.570. The molecule has 0 aliphatic heterocycles. The van der Waals surface area contributed by atoms with E-state index in [1.54, 1.807) is 0 Å². The van der Waals surface area contributed by atoms with E-state index in [0.717, 1.165) is 38.3 Å². The summed E-state index contributed by atoms with van der Waals surface area (Å²) in [5, 5.41) is 3.16. The number of hydrogen-bond donors (Lipinski definition) is 1. The molecule has 1 N–H and O–H groups in total. The zero-order valence-electron chi connectivity index (χ0n) is 17.3. The lowest BCUT2D eigenvalue weighted by Crippen LogP contribution is -2.31. The van der Waals surface area contributed by atoms with Gasteiger partial charge in [-0.25, -0.2) is 0 Å². The number of amides is 1. The van der Waals surface area contributed by atoms with Crippen LogP contribution in [0.25, 0.3) is 0 Å². The van der Waals surface area contributed by atoms with Gasteiger partial charge in [-0.1, -0.05) is 65.2 Å². The Balaban J connectivity index is 2.06. The maximum Gasteiger partial charge on any atom is 0.220 e. The van der Waals surface area contributed by atoms with Gasteiger partial charge in [-0.2, -0.15) is 0 Å². The molecular formula is C22H43NO2. The van der Waals surface area contributed by atoms with Gasteiger partial charge in [-0.05, 0) is 44.4 Å². The number of nitrogens with one attached hydrogen (secondary N) is 1. The van der Waals surface area contributed by atoms with Crippen LogP contribution in [0.2, 0.25) is 0 Å². The van der Waals surface area contributed by atoms with Crippen LogP contribution in [-0.2, 0) is 9.53 Å². The highest BCUT2D eigenvalue weighted by atomic mass is 16.5. The van der Waals surface area contributed by atoms with Gasteiger partial charge in [-0.3, -0.25) is 4.79 Å². The molecule has 1 atom stereocenters. The number of carbonyl (C=O) groups is 1. The molecule has 0 aromatic heterocycles. The number of unbranched alkanes of at least 4 members (excludes halogenated alkanes) is 4. The van der Waals surface area contributed by atoms with Gasteiger partial charge in [0.25, 0.3) is 0 Å². The van der Waals surface area contributed by atoms with Crippen LogP contribution in [0, 0.1) is 17.8 Å². The van der Waals surface area contributed by atoms with Crippen molar-refractivity contribution in [1.82, 2.24) is 5.32 Å². The molecule has 1 fully saturated rings.